The minimum Gasteiger partial charge on any atom is -0.478 e. The third-order valence-corrected chi connectivity index (χ3v) is 2.67. The van der Waals surface area contributed by atoms with Crippen molar-refractivity contribution in [2.75, 3.05) is 0 Å². The van der Waals surface area contributed by atoms with Crippen molar-refractivity contribution in [2.24, 2.45) is 0 Å². The van der Waals surface area contributed by atoms with E-state index in [0.29, 0.717) is 6.20 Å². The maximum absolute atomic E-state index is 12.4. The molecule has 0 fully saturated rings. The number of hydrogen-bond donors (Lipinski definition) is 1. The summed E-state index contributed by atoms with van der Waals surface area (Å²) in [4.78, 5) is 23.4. The summed E-state index contributed by atoms with van der Waals surface area (Å²) in [6, 6.07) is 0. The Kier molecular flexibility index (Phi) is 3.67. The van der Waals surface area contributed by atoms with E-state index in [1.807, 2.05) is 0 Å². The molecule has 1 rings (SSSR count). The highest BCUT2D eigenvalue weighted by molar-refractivity contribution is 14.1. The van der Waals surface area contributed by atoms with Gasteiger partial charge in [-0.25, -0.2) is 13.6 Å². The molecule has 0 bridgehead atoms. The van der Waals surface area contributed by atoms with Gasteiger partial charge in [0.25, 0.3) is 6.43 Å². The van der Waals surface area contributed by atoms with Crippen molar-refractivity contribution in [3.05, 3.63) is 31.0 Å². The SMILES string of the molecule is O=C(O)c1c(C(F)F)cnc([N+](=O)[O-])c1I. The van der Waals surface area contributed by atoms with Crippen molar-refractivity contribution in [1.29, 1.82) is 0 Å². The quantitative estimate of drug-likeness (QED) is 0.516. The summed E-state index contributed by atoms with van der Waals surface area (Å²) < 4.78 is 24.4. The predicted molar refractivity (Wildman–Crippen MR) is 55.5 cm³/mol. The number of aromatic carboxylic acids is 1. The van der Waals surface area contributed by atoms with Crippen LogP contribution in [0.15, 0.2) is 6.20 Å². The number of hydrogen-bond acceptors (Lipinski definition) is 4. The number of carbonyl (C=O) groups is 1. The van der Waals surface area contributed by atoms with E-state index >= 15 is 0 Å². The Morgan fingerprint density at radius 3 is 2.56 bits per heavy atom. The van der Waals surface area contributed by atoms with Crippen LogP contribution in [0.2, 0.25) is 0 Å². The number of nitro groups is 1. The van der Waals surface area contributed by atoms with Gasteiger partial charge in [0.15, 0.2) is 0 Å². The second-order valence-corrected chi connectivity index (χ2v) is 3.67. The molecule has 0 unspecified atom stereocenters. The highest BCUT2D eigenvalue weighted by Gasteiger charge is 2.29. The molecule has 1 N–H and O–H groups in total. The largest absolute Gasteiger partial charge is 0.478 e. The molecule has 0 spiro atoms. The molecule has 6 nitrogen and oxygen atoms in total. The number of carboxylic acid groups (broad SMARTS) is 1. The molecule has 0 aliphatic heterocycles. The third kappa shape index (κ3) is 2.23. The first-order valence-corrected chi connectivity index (χ1v) is 4.78. The summed E-state index contributed by atoms with van der Waals surface area (Å²) in [6.45, 7) is 0. The van der Waals surface area contributed by atoms with Crippen molar-refractivity contribution in [1.82, 2.24) is 4.98 Å². The summed E-state index contributed by atoms with van der Waals surface area (Å²) in [7, 11) is 0. The number of halogens is 3. The lowest BCUT2D eigenvalue weighted by Crippen LogP contribution is -2.09. The van der Waals surface area contributed by atoms with Gasteiger partial charge in [-0.2, -0.15) is 0 Å². The van der Waals surface area contributed by atoms with E-state index in [1.165, 1.54) is 22.6 Å². The van der Waals surface area contributed by atoms with E-state index in [4.69, 9.17) is 5.11 Å². The van der Waals surface area contributed by atoms with Crippen molar-refractivity contribution >= 4 is 34.4 Å². The number of alkyl halides is 2. The molecule has 1 heterocycles. The van der Waals surface area contributed by atoms with Crippen LogP contribution in [0.3, 0.4) is 0 Å². The molecular formula is C7H3F2IN2O4. The zero-order chi connectivity index (χ0) is 12.5. The van der Waals surface area contributed by atoms with E-state index < -0.39 is 37.8 Å². The van der Waals surface area contributed by atoms with Crippen LogP contribution >= 0.6 is 22.6 Å². The average molecular weight is 344 g/mol. The normalized spacial score (nSPS) is 10.5. The molecule has 0 saturated heterocycles. The Balaban J connectivity index is 3.54. The van der Waals surface area contributed by atoms with Gasteiger partial charge in [-0.05, 0) is 32.5 Å². The summed E-state index contributed by atoms with van der Waals surface area (Å²) in [5.41, 5.74) is -1.61. The van der Waals surface area contributed by atoms with Gasteiger partial charge in [0.1, 0.15) is 9.77 Å². The zero-order valence-electron chi connectivity index (χ0n) is 7.35. The van der Waals surface area contributed by atoms with E-state index in [2.05, 4.69) is 4.98 Å². The molecule has 0 aliphatic carbocycles. The van der Waals surface area contributed by atoms with E-state index in [9.17, 15) is 23.7 Å². The highest BCUT2D eigenvalue weighted by Crippen LogP contribution is 2.30. The lowest BCUT2D eigenvalue weighted by atomic mass is 10.1. The van der Waals surface area contributed by atoms with E-state index in [-0.39, 0.29) is 0 Å². The standard InChI is InChI=1S/C7H3F2IN2O4/c8-5(9)2-1-11-6(12(15)16)4(10)3(2)7(13)14/h1,5H,(H,13,14). The summed E-state index contributed by atoms with van der Waals surface area (Å²) >= 11 is 1.31. The molecule has 0 atom stereocenters. The van der Waals surface area contributed by atoms with Crippen molar-refractivity contribution < 1.29 is 23.6 Å². The molecule has 16 heavy (non-hydrogen) atoms. The number of aromatic nitrogens is 1. The average Bonchev–Trinajstić information content (AvgIpc) is 2.15. The molecule has 9 heteroatoms. The first-order chi connectivity index (χ1) is 7.36. The molecular weight excluding hydrogens is 341 g/mol. The maximum Gasteiger partial charge on any atom is 0.377 e. The van der Waals surface area contributed by atoms with Gasteiger partial charge in [-0.15, -0.1) is 0 Å². The molecule has 0 radical (unpaired) electrons. The first kappa shape index (κ1) is 12.7. The van der Waals surface area contributed by atoms with Crippen LogP contribution in [0.1, 0.15) is 22.3 Å². The Labute approximate surface area is 101 Å². The van der Waals surface area contributed by atoms with Gasteiger partial charge in [-0.3, -0.25) is 0 Å². The Bertz CT molecular complexity index is 466. The second-order valence-electron chi connectivity index (χ2n) is 2.59. The lowest BCUT2D eigenvalue weighted by molar-refractivity contribution is -0.390. The molecule has 0 amide bonds. The monoisotopic (exact) mass is 344 g/mol. The first-order valence-electron chi connectivity index (χ1n) is 3.70. The molecule has 1 aromatic rings. The maximum atomic E-state index is 12.4. The number of carboxylic acids is 1. The van der Waals surface area contributed by atoms with Crippen molar-refractivity contribution in [3.63, 3.8) is 0 Å². The molecule has 0 saturated carbocycles. The summed E-state index contributed by atoms with van der Waals surface area (Å²) in [5.74, 6) is -2.40. The predicted octanol–water partition coefficient (Wildman–Crippen LogP) is 2.23. The van der Waals surface area contributed by atoms with Gasteiger partial charge in [-0.1, -0.05) is 0 Å². The smallest absolute Gasteiger partial charge is 0.377 e. The topological polar surface area (TPSA) is 93.3 Å². The van der Waals surface area contributed by atoms with Crippen LogP contribution < -0.4 is 0 Å². The van der Waals surface area contributed by atoms with Crippen molar-refractivity contribution in [2.45, 2.75) is 6.43 Å². The van der Waals surface area contributed by atoms with Crippen LogP contribution in [-0.2, 0) is 0 Å². The van der Waals surface area contributed by atoms with Crippen LogP contribution in [0.4, 0.5) is 14.6 Å². The zero-order valence-corrected chi connectivity index (χ0v) is 9.51. The number of pyridine rings is 1. The van der Waals surface area contributed by atoms with E-state index in [0.717, 1.165) is 0 Å². The van der Waals surface area contributed by atoms with Gasteiger partial charge in [0.2, 0.25) is 0 Å². The van der Waals surface area contributed by atoms with Crippen LogP contribution in [0.5, 0.6) is 0 Å². The molecule has 0 aliphatic rings. The van der Waals surface area contributed by atoms with Crippen LogP contribution in [0.25, 0.3) is 0 Å². The minimum atomic E-state index is -3.05. The Hall–Kier alpha value is -1.39. The minimum absolute atomic E-state index is 0.409. The lowest BCUT2D eigenvalue weighted by Gasteiger charge is -2.05. The Morgan fingerprint density at radius 2 is 2.19 bits per heavy atom. The van der Waals surface area contributed by atoms with Gasteiger partial charge in [0.05, 0.1) is 11.1 Å². The summed E-state index contributed by atoms with van der Waals surface area (Å²) in [6.07, 6.45) is -2.54. The van der Waals surface area contributed by atoms with Gasteiger partial charge in [0, 0.05) is 0 Å². The molecule has 0 aromatic carbocycles. The van der Waals surface area contributed by atoms with Gasteiger partial charge < -0.3 is 15.2 Å². The second kappa shape index (κ2) is 4.63. The fourth-order valence-corrected chi connectivity index (χ4v) is 1.88. The summed E-state index contributed by atoms with van der Waals surface area (Å²) in [5, 5.41) is 19.1. The van der Waals surface area contributed by atoms with Gasteiger partial charge >= 0.3 is 11.8 Å². The van der Waals surface area contributed by atoms with E-state index in [1.54, 1.807) is 0 Å². The number of nitrogens with zero attached hydrogens (tertiary/aromatic N) is 2. The molecule has 86 valence electrons. The number of rotatable bonds is 3. The molecule has 1 aromatic heterocycles. The van der Waals surface area contributed by atoms with Crippen LogP contribution in [0, 0.1) is 13.7 Å². The third-order valence-electron chi connectivity index (χ3n) is 1.65. The fourth-order valence-electron chi connectivity index (χ4n) is 1.00. The highest BCUT2D eigenvalue weighted by atomic mass is 127. The van der Waals surface area contributed by atoms with Crippen LogP contribution in [-0.4, -0.2) is 21.0 Å². The van der Waals surface area contributed by atoms with Crippen molar-refractivity contribution in [3.8, 4) is 0 Å². The Morgan fingerprint density at radius 1 is 1.62 bits per heavy atom. The fraction of sp³-hybridized carbons (Fsp3) is 0.143.